The molecule has 14 heteroatoms. The Morgan fingerprint density at radius 3 is 2.59 bits per heavy atom. The van der Waals surface area contributed by atoms with Gasteiger partial charge in [0.2, 0.25) is 10.0 Å². The quantitative estimate of drug-likeness (QED) is 0.248. The highest BCUT2D eigenvalue weighted by Crippen LogP contribution is 2.40. The molecular formula is C30H31F3N4O6S. The molecule has 0 N–H and O–H groups in total. The fourth-order valence-corrected chi connectivity index (χ4v) is 7.08. The van der Waals surface area contributed by atoms with Crippen molar-refractivity contribution in [2.24, 2.45) is 7.05 Å². The molecule has 3 aromatic carbocycles. The van der Waals surface area contributed by atoms with Crippen LogP contribution >= 0.6 is 0 Å². The Bertz CT molecular complexity index is 1810. The maximum atomic E-state index is 14.3. The van der Waals surface area contributed by atoms with Crippen LogP contribution in [0.25, 0.3) is 11.0 Å². The van der Waals surface area contributed by atoms with Gasteiger partial charge in [-0.1, -0.05) is 29.5 Å². The van der Waals surface area contributed by atoms with E-state index >= 15 is 0 Å². The van der Waals surface area contributed by atoms with Crippen molar-refractivity contribution in [3.63, 3.8) is 0 Å². The number of rotatable bonds is 8. The predicted molar refractivity (Wildman–Crippen MR) is 154 cm³/mol. The SMILES string of the molecule is CCOC(=O)CC(c1ccc(C(F)(F)F)c(CN2C[C@@H](C)Oc3ccccc3S2(=O)=O)c1)c1cc(OC)c2c(c1)nnn2C. The third-order valence-electron chi connectivity index (χ3n) is 7.43. The van der Waals surface area contributed by atoms with E-state index in [9.17, 15) is 26.4 Å². The molecule has 5 rings (SSSR count). The highest BCUT2D eigenvalue weighted by Gasteiger charge is 2.38. The summed E-state index contributed by atoms with van der Waals surface area (Å²) in [5, 5.41) is 8.18. The summed E-state index contributed by atoms with van der Waals surface area (Å²) in [6.45, 7) is 2.67. The van der Waals surface area contributed by atoms with Crippen molar-refractivity contribution in [1.82, 2.24) is 19.3 Å². The fourth-order valence-electron chi connectivity index (χ4n) is 5.46. The molecule has 4 aromatic rings. The zero-order valence-corrected chi connectivity index (χ0v) is 25.3. The number of carbonyl (C=O) groups is 1. The van der Waals surface area contributed by atoms with Crippen molar-refractivity contribution < 1.29 is 40.6 Å². The van der Waals surface area contributed by atoms with Gasteiger partial charge in [0, 0.05) is 19.5 Å². The molecule has 0 aliphatic carbocycles. The number of esters is 1. The number of methoxy groups -OCH3 is 1. The molecule has 0 fully saturated rings. The molecular weight excluding hydrogens is 601 g/mol. The van der Waals surface area contributed by atoms with Crippen LogP contribution in [0.2, 0.25) is 0 Å². The van der Waals surface area contributed by atoms with E-state index in [1.54, 1.807) is 39.1 Å². The Morgan fingerprint density at radius 1 is 1.14 bits per heavy atom. The third-order valence-corrected chi connectivity index (χ3v) is 9.28. The average Bonchev–Trinajstić information content (AvgIpc) is 3.31. The van der Waals surface area contributed by atoms with Gasteiger partial charge in [0.15, 0.2) is 0 Å². The first-order valence-corrected chi connectivity index (χ1v) is 15.3. The molecule has 0 saturated carbocycles. The molecule has 10 nitrogen and oxygen atoms in total. The van der Waals surface area contributed by atoms with Crippen molar-refractivity contribution in [2.75, 3.05) is 20.3 Å². The number of nitrogens with zero attached hydrogens (tertiary/aromatic N) is 4. The first-order chi connectivity index (χ1) is 20.8. The van der Waals surface area contributed by atoms with Crippen LogP contribution in [0.4, 0.5) is 13.2 Å². The van der Waals surface area contributed by atoms with Gasteiger partial charge in [-0.15, -0.1) is 5.10 Å². The number of benzene rings is 3. The first kappa shape index (κ1) is 31.3. The number of hydrogen-bond acceptors (Lipinski definition) is 8. The van der Waals surface area contributed by atoms with Crippen LogP contribution in [0, 0.1) is 0 Å². The second-order valence-corrected chi connectivity index (χ2v) is 12.4. The van der Waals surface area contributed by atoms with Crippen LogP contribution in [-0.4, -0.2) is 60.1 Å². The van der Waals surface area contributed by atoms with Gasteiger partial charge in [0.25, 0.3) is 0 Å². The van der Waals surface area contributed by atoms with Crippen LogP contribution in [0.1, 0.15) is 48.4 Å². The summed E-state index contributed by atoms with van der Waals surface area (Å²) in [6.07, 6.45) is -5.61. The lowest BCUT2D eigenvalue weighted by Crippen LogP contribution is -2.36. The van der Waals surface area contributed by atoms with E-state index < -0.39 is 46.3 Å². The van der Waals surface area contributed by atoms with Crippen molar-refractivity contribution in [2.45, 2.75) is 49.9 Å². The first-order valence-electron chi connectivity index (χ1n) is 13.8. The lowest BCUT2D eigenvalue weighted by molar-refractivity contribution is -0.143. The molecule has 2 heterocycles. The van der Waals surface area contributed by atoms with Crippen molar-refractivity contribution >= 4 is 27.0 Å². The van der Waals surface area contributed by atoms with Crippen molar-refractivity contribution in [1.29, 1.82) is 0 Å². The highest BCUT2D eigenvalue weighted by molar-refractivity contribution is 7.89. The smallest absolute Gasteiger partial charge is 0.416 e. The van der Waals surface area contributed by atoms with Crippen LogP contribution in [-0.2, 0) is 39.3 Å². The summed E-state index contributed by atoms with van der Waals surface area (Å²) in [4.78, 5) is 12.6. The number of fused-ring (bicyclic) bond motifs is 2. The summed E-state index contributed by atoms with van der Waals surface area (Å²) in [5.41, 5.74) is 0.689. The van der Waals surface area contributed by atoms with Crippen molar-refractivity contribution in [3.8, 4) is 11.5 Å². The Balaban J connectivity index is 1.64. The van der Waals surface area contributed by atoms with Crippen LogP contribution < -0.4 is 9.47 Å². The summed E-state index contributed by atoms with van der Waals surface area (Å²) in [6, 6.07) is 12.9. The second-order valence-electron chi connectivity index (χ2n) is 10.5. The minimum Gasteiger partial charge on any atom is -0.494 e. The Hall–Kier alpha value is -4.17. The van der Waals surface area contributed by atoms with E-state index in [1.165, 1.54) is 42.1 Å². The molecule has 234 valence electrons. The monoisotopic (exact) mass is 632 g/mol. The van der Waals surface area contributed by atoms with Crippen LogP contribution in [0.3, 0.4) is 0 Å². The van der Waals surface area contributed by atoms with Gasteiger partial charge in [-0.25, -0.2) is 13.1 Å². The largest absolute Gasteiger partial charge is 0.494 e. The molecule has 1 aromatic heterocycles. The van der Waals surface area contributed by atoms with E-state index in [0.717, 1.165) is 10.4 Å². The molecule has 0 spiro atoms. The lowest BCUT2D eigenvalue weighted by atomic mass is 9.86. The Morgan fingerprint density at radius 2 is 1.89 bits per heavy atom. The molecule has 0 amide bonds. The predicted octanol–water partition coefficient (Wildman–Crippen LogP) is 5.05. The Labute approximate surface area is 252 Å². The topological polar surface area (TPSA) is 113 Å². The number of hydrogen-bond donors (Lipinski definition) is 0. The average molecular weight is 633 g/mol. The highest BCUT2D eigenvalue weighted by atomic mass is 32.2. The van der Waals surface area contributed by atoms with Gasteiger partial charge in [-0.2, -0.15) is 17.5 Å². The third kappa shape index (κ3) is 6.09. The van der Waals surface area contributed by atoms with Gasteiger partial charge in [-0.05, 0) is 60.9 Å². The van der Waals surface area contributed by atoms with E-state index in [2.05, 4.69) is 10.3 Å². The number of aromatic nitrogens is 3. The molecule has 1 aliphatic rings. The van der Waals surface area contributed by atoms with Gasteiger partial charge in [0.1, 0.15) is 33.5 Å². The van der Waals surface area contributed by atoms with Crippen molar-refractivity contribution in [3.05, 3.63) is 76.9 Å². The van der Waals surface area contributed by atoms with E-state index in [4.69, 9.17) is 14.2 Å². The molecule has 44 heavy (non-hydrogen) atoms. The van der Waals surface area contributed by atoms with Gasteiger partial charge in [-0.3, -0.25) is 4.79 Å². The molecule has 1 unspecified atom stereocenters. The van der Waals surface area contributed by atoms with Crippen LogP contribution in [0.5, 0.6) is 11.5 Å². The summed E-state index contributed by atoms with van der Waals surface area (Å²) in [7, 11) is -1.07. The number of carbonyl (C=O) groups excluding carboxylic acids is 1. The number of alkyl halides is 3. The summed E-state index contributed by atoms with van der Waals surface area (Å²) >= 11 is 0. The van der Waals surface area contributed by atoms with E-state index in [-0.39, 0.29) is 35.8 Å². The fraction of sp³-hybridized carbons (Fsp3) is 0.367. The number of halogens is 3. The Kier molecular flexibility index (Phi) is 8.58. The number of aryl methyl sites for hydroxylation is 1. The molecule has 2 atom stereocenters. The van der Waals surface area contributed by atoms with E-state index in [1.807, 2.05) is 0 Å². The number of sulfonamides is 1. The minimum atomic E-state index is -4.78. The maximum Gasteiger partial charge on any atom is 0.416 e. The lowest BCUT2D eigenvalue weighted by Gasteiger charge is -2.25. The molecule has 0 radical (unpaired) electrons. The zero-order chi connectivity index (χ0) is 31.8. The van der Waals surface area contributed by atoms with Gasteiger partial charge < -0.3 is 14.2 Å². The van der Waals surface area contributed by atoms with Gasteiger partial charge >= 0.3 is 12.1 Å². The second kappa shape index (κ2) is 12.1. The molecule has 0 bridgehead atoms. The van der Waals surface area contributed by atoms with Crippen LogP contribution in [0.15, 0.2) is 59.5 Å². The number of para-hydroxylation sites is 1. The summed E-state index contributed by atoms with van der Waals surface area (Å²) < 4.78 is 89.4. The maximum absolute atomic E-state index is 14.3. The van der Waals surface area contributed by atoms with E-state index in [0.29, 0.717) is 27.9 Å². The van der Waals surface area contributed by atoms with Gasteiger partial charge in [0.05, 0.1) is 32.2 Å². The minimum absolute atomic E-state index is 0.116. The normalized spacial score (nSPS) is 17.4. The molecule has 1 aliphatic heterocycles. The zero-order valence-electron chi connectivity index (χ0n) is 24.5. The molecule has 0 saturated heterocycles. The standard InChI is InChI=1S/C30H31F3N4O6S/c1-5-42-28(38)15-22(20-13-24-29(26(14-20)41-4)36(3)35-34-24)19-10-11-23(30(31,32)33)21(12-19)17-37-16-18(2)43-25-8-6-7-9-27(25)44(37,39)40/h6-14,18,22H,5,15-17H2,1-4H3/t18-,22?/m1/s1. The summed E-state index contributed by atoms with van der Waals surface area (Å²) in [5.74, 6) is -0.793. The number of ether oxygens (including phenoxy) is 3.